The van der Waals surface area contributed by atoms with E-state index >= 15 is 0 Å². The van der Waals surface area contributed by atoms with Gasteiger partial charge in [0.05, 0.1) is 22.1 Å². The molecule has 6 heteroatoms. The van der Waals surface area contributed by atoms with Crippen LogP contribution in [0.25, 0.3) is 67.2 Å². The van der Waals surface area contributed by atoms with Crippen molar-refractivity contribution in [3.05, 3.63) is 121 Å². The van der Waals surface area contributed by atoms with Gasteiger partial charge in [0, 0.05) is 34.2 Å². The van der Waals surface area contributed by atoms with Crippen molar-refractivity contribution in [3.63, 3.8) is 0 Å². The molecule has 0 aliphatic heterocycles. The number of para-hydroxylation sites is 3. The Morgan fingerprint density at radius 3 is 1.79 bits per heavy atom. The van der Waals surface area contributed by atoms with Crippen LogP contribution in [0.2, 0.25) is 0 Å². The summed E-state index contributed by atoms with van der Waals surface area (Å²) in [6, 6.07) is 38.8. The third kappa shape index (κ3) is 3.14. The van der Waals surface area contributed by atoms with E-state index in [1.165, 1.54) is 0 Å². The van der Waals surface area contributed by atoms with E-state index in [4.69, 9.17) is 19.9 Å². The lowest BCUT2D eigenvalue weighted by Gasteiger charge is -2.11. The van der Waals surface area contributed by atoms with Gasteiger partial charge in [-0.1, -0.05) is 91.0 Å². The molecule has 0 saturated carbocycles. The summed E-state index contributed by atoms with van der Waals surface area (Å²) in [6.07, 6.45) is 2.18. The molecule has 0 fully saturated rings. The topological polar surface area (TPSA) is 60.9 Å². The third-order valence-electron chi connectivity index (χ3n) is 6.99. The summed E-state index contributed by atoms with van der Waals surface area (Å²) >= 11 is 0. The summed E-state index contributed by atoms with van der Waals surface area (Å²) in [4.78, 5) is 19.8. The molecule has 6 nitrogen and oxygen atoms in total. The summed E-state index contributed by atoms with van der Waals surface area (Å²) in [5.41, 5.74) is 6.84. The maximum atomic E-state index is 5.01. The number of rotatable bonds is 3. The second kappa shape index (κ2) is 8.08. The molecule has 0 spiro atoms. The van der Waals surface area contributed by atoms with Crippen LogP contribution in [-0.2, 0) is 0 Å². The van der Waals surface area contributed by atoms with Crippen LogP contribution < -0.4 is 0 Å². The molecule has 178 valence electrons. The molecular weight excluding hydrogens is 468 g/mol. The van der Waals surface area contributed by atoms with E-state index in [0.29, 0.717) is 17.6 Å². The Kier molecular flexibility index (Phi) is 4.42. The van der Waals surface area contributed by atoms with Gasteiger partial charge in [0.2, 0.25) is 5.95 Å². The van der Waals surface area contributed by atoms with Gasteiger partial charge in [-0.05, 0) is 18.2 Å². The molecule has 8 rings (SSSR count). The highest BCUT2D eigenvalue weighted by molar-refractivity contribution is 6.10. The minimum Gasteiger partial charge on any atom is -0.299 e. The van der Waals surface area contributed by atoms with Crippen LogP contribution in [0.1, 0.15) is 0 Å². The molecule has 0 saturated heterocycles. The second-order valence-electron chi connectivity index (χ2n) is 9.27. The van der Waals surface area contributed by atoms with Crippen molar-refractivity contribution < 1.29 is 0 Å². The number of nitrogens with zero attached hydrogens (tertiary/aromatic N) is 6. The molecule has 0 aliphatic rings. The number of pyridine rings is 1. The van der Waals surface area contributed by atoms with Crippen LogP contribution in [0.15, 0.2) is 121 Å². The fourth-order valence-electron chi connectivity index (χ4n) is 5.23. The smallest absolute Gasteiger partial charge is 0.238 e. The number of benzene rings is 4. The van der Waals surface area contributed by atoms with E-state index in [1.807, 2.05) is 78.9 Å². The minimum atomic E-state index is 0.573. The van der Waals surface area contributed by atoms with E-state index in [0.717, 1.165) is 49.6 Å². The van der Waals surface area contributed by atoms with Gasteiger partial charge < -0.3 is 0 Å². The maximum Gasteiger partial charge on any atom is 0.238 e. The summed E-state index contributed by atoms with van der Waals surface area (Å²) in [6.45, 7) is 0. The fourth-order valence-corrected chi connectivity index (χ4v) is 5.23. The number of aromatic nitrogens is 6. The Morgan fingerprint density at radius 2 is 1.08 bits per heavy atom. The number of hydrogen-bond donors (Lipinski definition) is 0. The third-order valence-corrected chi connectivity index (χ3v) is 6.99. The molecule has 0 radical (unpaired) electrons. The molecule has 4 heterocycles. The average molecular weight is 489 g/mol. The van der Waals surface area contributed by atoms with E-state index in [-0.39, 0.29) is 0 Å². The van der Waals surface area contributed by atoms with E-state index in [9.17, 15) is 0 Å². The summed E-state index contributed by atoms with van der Waals surface area (Å²) < 4.78 is 4.29. The molecule has 4 aromatic carbocycles. The molecule has 0 N–H and O–H groups in total. The predicted molar refractivity (Wildman–Crippen MR) is 151 cm³/mol. The normalized spacial score (nSPS) is 11.7. The highest BCUT2D eigenvalue weighted by atomic mass is 15.2. The monoisotopic (exact) mass is 488 g/mol. The second-order valence-corrected chi connectivity index (χ2v) is 9.27. The van der Waals surface area contributed by atoms with Gasteiger partial charge in [0.15, 0.2) is 11.6 Å². The SMILES string of the molecule is c1ccc(-c2nc(-c3ccccc3)nc(-n3c4ccccc4c4cn5c(cc43)nc3ccccc35)n2)cc1. The lowest BCUT2D eigenvalue weighted by Crippen LogP contribution is -2.06. The molecule has 0 amide bonds. The Labute approximate surface area is 217 Å². The van der Waals surface area contributed by atoms with Crippen LogP contribution in [-0.4, -0.2) is 28.9 Å². The van der Waals surface area contributed by atoms with Crippen molar-refractivity contribution in [2.75, 3.05) is 0 Å². The van der Waals surface area contributed by atoms with Gasteiger partial charge in [-0.15, -0.1) is 0 Å². The van der Waals surface area contributed by atoms with E-state index < -0.39 is 0 Å². The maximum absolute atomic E-state index is 5.01. The molecule has 0 bridgehead atoms. The van der Waals surface area contributed by atoms with Crippen LogP contribution in [0.3, 0.4) is 0 Å². The van der Waals surface area contributed by atoms with Gasteiger partial charge in [-0.25, -0.2) is 9.97 Å². The number of hydrogen-bond acceptors (Lipinski definition) is 4. The van der Waals surface area contributed by atoms with Crippen LogP contribution in [0.4, 0.5) is 0 Å². The zero-order valence-electron chi connectivity index (χ0n) is 20.2. The van der Waals surface area contributed by atoms with Crippen LogP contribution >= 0.6 is 0 Å². The molecule has 38 heavy (non-hydrogen) atoms. The first-order valence-electron chi connectivity index (χ1n) is 12.5. The first-order valence-corrected chi connectivity index (χ1v) is 12.5. The standard InChI is InChI=1S/C32H20N6/c1-3-11-21(12-4-1)30-34-31(22-13-5-2-6-14-22)36-32(35-30)38-26-17-9-7-15-23(26)24-20-37-27-18-10-8-16-25(27)33-29(37)19-28(24)38/h1-20H. The van der Waals surface area contributed by atoms with Crippen molar-refractivity contribution in [2.24, 2.45) is 0 Å². The molecule has 4 aromatic heterocycles. The Balaban J connectivity index is 1.48. The fraction of sp³-hybridized carbons (Fsp3) is 0. The van der Waals surface area contributed by atoms with Gasteiger partial charge in [-0.3, -0.25) is 8.97 Å². The van der Waals surface area contributed by atoms with Crippen molar-refractivity contribution in [1.82, 2.24) is 28.9 Å². The zero-order valence-corrected chi connectivity index (χ0v) is 20.2. The van der Waals surface area contributed by atoms with Gasteiger partial charge >= 0.3 is 0 Å². The first-order chi connectivity index (χ1) is 18.8. The van der Waals surface area contributed by atoms with Crippen molar-refractivity contribution >= 4 is 38.5 Å². The van der Waals surface area contributed by atoms with Gasteiger partial charge in [0.25, 0.3) is 0 Å². The highest BCUT2D eigenvalue weighted by Gasteiger charge is 2.19. The minimum absolute atomic E-state index is 0.573. The van der Waals surface area contributed by atoms with Gasteiger partial charge in [0.1, 0.15) is 5.65 Å². The van der Waals surface area contributed by atoms with Crippen LogP contribution in [0.5, 0.6) is 0 Å². The lowest BCUT2D eigenvalue weighted by atomic mass is 10.2. The van der Waals surface area contributed by atoms with E-state index in [1.54, 1.807) is 0 Å². The molecule has 0 aliphatic carbocycles. The quantitative estimate of drug-likeness (QED) is 0.266. The molecule has 8 aromatic rings. The Hall–Kier alpha value is -5.36. The summed E-state index contributed by atoms with van der Waals surface area (Å²) in [5, 5.41) is 2.24. The zero-order chi connectivity index (χ0) is 25.1. The number of fused-ring (bicyclic) bond motifs is 6. The first kappa shape index (κ1) is 20.8. The largest absolute Gasteiger partial charge is 0.299 e. The summed E-state index contributed by atoms with van der Waals surface area (Å²) in [7, 11) is 0. The van der Waals surface area contributed by atoms with Crippen LogP contribution in [0, 0.1) is 0 Å². The molecule has 0 unspecified atom stereocenters. The van der Waals surface area contributed by atoms with Gasteiger partial charge in [-0.2, -0.15) is 9.97 Å². The Bertz CT molecular complexity index is 2070. The molecule has 0 atom stereocenters. The lowest BCUT2D eigenvalue weighted by molar-refractivity contribution is 0.953. The van der Waals surface area contributed by atoms with Crippen molar-refractivity contribution in [2.45, 2.75) is 0 Å². The number of imidazole rings is 1. The van der Waals surface area contributed by atoms with Crippen molar-refractivity contribution in [3.8, 4) is 28.7 Å². The summed E-state index contributed by atoms with van der Waals surface area (Å²) in [5.74, 6) is 1.84. The average Bonchev–Trinajstić information content (AvgIpc) is 3.51. The highest BCUT2D eigenvalue weighted by Crippen LogP contribution is 2.33. The molecular formula is C32H20N6. The van der Waals surface area contributed by atoms with E-state index in [2.05, 4.69) is 51.6 Å². The Morgan fingerprint density at radius 1 is 0.474 bits per heavy atom. The van der Waals surface area contributed by atoms with Crippen molar-refractivity contribution in [1.29, 1.82) is 0 Å². The predicted octanol–water partition coefficient (Wildman–Crippen LogP) is 7.10.